The first-order chi connectivity index (χ1) is 18.6. The molecule has 2 aromatic carbocycles. The molecule has 0 aliphatic carbocycles. The number of likely N-dealkylation sites (N-methyl/N-ethyl adjacent to an activating group) is 1. The van der Waals surface area contributed by atoms with Crippen molar-refractivity contribution in [3.05, 3.63) is 76.1 Å². The number of benzene rings is 2. The van der Waals surface area contributed by atoms with Gasteiger partial charge in [-0.15, -0.1) is 0 Å². The number of aryl methyl sites for hydroxylation is 1. The predicted octanol–water partition coefficient (Wildman–Crippen LogP) is 3.49. The maximum atomic E-state index is 13.3. The minimum Gasteiger partial charge on any atom is -0.497 e. The van der Waals surface area contributed by atoms with Crippen molar-refractivity contribution in [1.82, 2.24) is 14.8 Å². The first kappa shape index (κ1) is 26.7. The zero-order valence-corrected chi connectivity index (χ0v) is 23.3. The summed E-state index contributed by atoms with van der Waals surface area (Å²) in [5, 5.41) is 2.82. The Kier molecular flexibility index (Phi) is 7.09. The number of ether oxygens (including phenoxy) is 1. The molecule has 3 aromatic rings. The van der Waals surface area contributed by atoms with Gasteiger partial charge in [0.2, 0.25) is 0 Å². The van der Waals surface area contributed by atoms with Gasteiger partial charge in [0.05, 0.1) is 28.9 Å². The van der Waals surface area contributed by atoms with Crippen molar-refractivity contribution in [2.24, 2.45) is 0 Å². The number of fused-ring (bicyclic) bond motifs is 1. The van der Waals surface area contributed by atoms with E-state index in [0.29, 0.717) is 52.5 Å². The number of aromatic nitrogens is 1. The Morgan fingerprint density at radius 1 is 1.08 bits per heavy atom. The molecule has 10 heteroatoms. The van der Waals surface area contributed by atoms with Gasteiger partial charge in [0.15, 0.2) is 9.84 Å². The highest BCUT2D eigenvalue weighted by atomic mass is 32.2. The van der Waals surface area contributed by atoms with Gasteiger partial charge in [-0.1, -0.05) is 12.1 Å². The predicted molar refractivity (Wildman–Crippen MR) is 150 cm³/mol. The minimum absolute atomic E-state index is 0.0267. The second-order valence-electron chi connectivity index (χ2n) is 10.1. The molecule has 9 nitrogen and oxygen atoms in total. The van der Waals surface area contributed by atoms with Crippen LogP contribution in [0.2, 0.25) is 0 Å². The Hall–Kier alpha value is -3.89. The molecule has 2 N–H and O–H groups in total. The number of carbonyl (C=O) groups excluding carboxylic acids is 2. The third kappa shape index (κ3) is 5.22. The van der Waals surface area contributed by atoms with E-state index in [4.69, 9.17) is 4.74 Å². The SMILES string of the molecule is COc1cccc(CS(=O)(=O)c2ccc3c(c2)/C(=C/c2[nH]c(C)c(C(=O)N4CCN(C)CC4)c2C)C(=O)N3)c1. The Balaban J connectivity index is 1.46. The molecule has 204 valence electrons. The number of nitrogens with zero attached hydrogens (tertiary/aromatic N) is 2. The zero-order valence-electron chi connectivity index (χ0n) is 22.5. The van der Waals surface area contributed by atoms with Crippen LogP contribution < -0.4 is 10.1 Å². The Bertz CT molecular complexity index is 1600. The van der Waals surface area contributed by atoms with Crippen LogP contribution in [0.1, 0.15) is 38.4 Å². The Labute approximate surface area is 228 Å². The zero-order chi connectivity index (χ0) is 27.9. The minimum atomic E-state index is -3.70. The summed E-state index contributed by atoms with van der Waals surface area (Å²) in [4.78, 5) is 33.7. The number of piperazine rings is 1. The average Bonchev–Trinajstić information content (AvgIpc) is 3.37. The number of amides is 2. The highest BCUT2D eigenvalue weighted by Gasteiger charge is 2.29. The summed E-state index contributed by atoms with van der Waals surface area (Å²) in [7, 11) is -0.122. The van der Waals surface area contributed by atoms with E-state index < -0.39 is 9.84 Å². The fraction of sp³-hybridized carbons (Fsp3) is 0.310. The molecule has 39 heavy (non-hydrogen) atoms. The number of carbonyl (C=O) groups is 2. The third-order valence-corrected chi connectivity index (χ3v) is 9.08. The van der Waals surface area contributed by atoms with Gasteiger partial charge in [-0.3, -0.25) is 9.59 Å². The fourth-order valence-electron chi connectivity index (χ4n) is 5.12. The van der Waals surface area contributed by atoms with Gasteiger partial charge in [0, 0.05) is 48.8 Å². The van der Waals surface area contributed by atoms with Crippen LogP contribution in [0.5, 0.6) is 5.75 Å². The summed E-state index contributed by atoms with van der Waals surface area (Å²) < 4.78 is 31.8. The number of hydrogen-bond acceptors (Lipinski definition) is 6. The maximum absolute atomic E-state index is 13.3. The summed E-state index contributed by atoms with van der Waals surface area (Å²) >= 11 is 0. The lowest BCUT2D eigenvalue weighted by molar-refractivity contribution is -0.110. The molecular weight excluding hydrogens is 516 g/mol. The molecule has 2 aliphatic heterocycles. The normalized spacial score (nSPS) is 16.9. The molecule has 0 bridgehead atoms. The highest BCUT2D eigenvalue weighted by molar-refractivity contribution is 7.90. The number of anilines is 1. The summed E-state index contributed by atoms with van der Waals surface area (Å²) in [6.07, 6.45) is 1.70. The molecule has 5 rings (SSSR count). The summed E-state index contributed by atoms with van der Waals surface area (Å²) in [5.74, 6) is 0.0294. The first-order valence-corrected chi connectivity index (χ1v) is 14.4. The largest absolute Gasteiger partial charge is 0.497 e. The summed E-state index contributed by atoms with van der Waals surface area (Å²) in [5.41, 5.74) is 4.74. The Morgan fingerprint density at radius 3 is 2.54 bits per heavy atom. The van der Waals surface area contributed by atoms with Crippen molar-refractivity contribution >= 4 is 39.0 Å². The van der Waals surface area contributed by atoms with E-state index in [1.54, 1.807) is 36.4 Å². The number of sulfone groups is 1. The van der Waals surface area contributed by atoms with Crippen LogP contribution in [0, 0.1) is 13.8 Å². The highest BCUT2D eigenvalue weighted by Crippen LogP contribution is 2.36. The second-order valence-corrected chi connectivity index (χ2v) is 12.1. The van der Waals surface area contributed by atoms with Gasteiger partial charge in [-0.25, -0.2) is 8.42 Å². The third-order valence-electron chi connectivity index (χ3n) is 7.39. The topological polar surface area (TPSA) is 112 Å². The molecule has 2 aliphatic rings. The average molecular weight is 549 g/mol. The van der Waals surface area contributed by atoms with E-state index in [1.165, 1.54) is 19.2 Å². The monoisotopic (exact) mass is 548 g/mol. The number of H-pyrrole nitrogens is 1. The maximum Gasteiger partial charge on any atom is 0.256 e. The number of methoxy groups -OCH3 is 1. The van der Waals surface area contributed by atoms with E-state index in [-0.39, 0.29) is 22.5 Å². The Morgan fingerprint density at radius 2 is 1.82 bits per heavy atom. The van der Waals surface area contributed by atoms with Crippen molar-refractivity contribution in [3.63, 3.8) is 0 Å². The van der Waals surface area contributed by atoms with E-state index >= 15 is 0 Å². The van der Waals surface area contributed by atoms with Crippen LogP contribution >= 0.6 is 0 Å². The van der Waals surface area contributed by atoms with Gasteiger partial charge in [0.25, 0.3) is 11.8 Å². The first-order valence-electron chi connectivity index (χ1n) is 12.8. The van der Waals surface area contributed by atoms with Crippen LogP contribution in [0.25, 0.3) is 11.6 Å². The molecule has 0 spiro atoms. The molecule has 1 fully saturated rings. The lowest BCUT2D eigenvalue weighted by Crippen LogP contribution is -2.47. The molecule has 2 amide bonds. The van der Waals surface area contributed by atoms with Crippen LogP contribution in [0.4, 0.5) is 5.69 Å². The van der Waals surface area contributed by atoms with Crippen molar-refractivity contribution in [1.29, 1.82) is 0 Å². The van der Waals surface area contributed by atoms with E-state index in [2.05, 4.69) is 15.2 Å². The lowest BCUT2D eigenvalue weighted by atomic mass is 10.0. The van der Waals surface area contributed by atoms with E-state index in [0.717, 1.165) is 24.3 Å². The van der Waals surface area contributed by atoms with Crippen LogP contribution in [0.15, 0.2) is 47.4 Å². The molecule has 0 saturated carbocycles. The van der Waals surface area contributed by atoms with Gasteiger partial charge in [-0.2, -0.15) is 0 Å². The fourth-order valence-corrected chi connectivity index (χ4v) is 6.48. The molecule has 1 saturated heterocycles. The molecule has 0 atom stereocenters. The lowest BCUT2D eigenvalue weighted by Gasteiger charge is -2.32. The second kappa shape index (κ2) is 10.3. The molecule has 0 radical (unpaired) electrons. The quantitative estimate of drug-likeness (QED) is 0.456. The molecular formula is C29H32N4O5S. The van der Waals surface area contributed by atoms with Crippen LogP contribution in [0.3, 0.4) is 0 Å². The van der Waals surface area contributed by atoms with Crippen molar-refractivity contribution in [2.75, 3.05) is 45.7 Å². The van der Waals surface area contributed by atoms with Crippen LogP contribution in [-0.2, 0) is 20.4 Å². The van der Waals surface area contributed by atoms with E-state index in [1.807, 2.05) is 25.8 Å². The number of hydrogen-bond donors (Lipinski definition) is 2. The number of aromatic amines is 1. The van der Waals surface area contributed by atoms with Crippen molar-refractivity contribution in [3.8, 4) is 5.75 Å². The molecule has 3 heterocycles. The standard InChI is InChI=1S/C29H32N4O5S/c1-18-26(30-19(2)27(18)29(35)33-12-10-32(3)11-13-33)16-24-23-15-22(8-9-25(23)31-28(24)34)39(36,37)17-20-6-5-7-21(14-20)38-4/h5-9,14-16,30H,10-13,17H2,1-4H3,(H,31,34)/b24-16-. The van der Waals surface area contributed by atoms with Crippen LogP contribution in [-0.4, -0.2) is 75.4 Å². The van der Waals surface area contributed by atoms with Crippen molar-refractivity contribution < 1.29 is 22.7 Å². The van der Waals surface area contributed by atoms with Gasteiger partial charge in [-0.05, 0) is 68.4 Å². The summed E-state index contributed by atoms with van der Waals surface area (Å²) in [6.45, 7) is 6.69. The van der Waals surface area contributed by atoms with Gasteiger partial charge >= 0.3 is 0 Å². The van der Waals surface area contributed by atoms with E-state index in [9.17, 15) is 18.0 Å². The molecule has 1 aromatic heterocycles. The van der Waals surface area contributed by atoms with Gasteiger partial charge < -0.3 is 24.8 Å². The smallest absolute Gasteiger partial charge is 0.256 e. The number of nitrogens with one attached hydrogen (secondary N) is 2. The van der Waals surface area contributed by atoms with Gasteiger partial charge in [0.1, 0.15) is 5.75 Å². The summed E-state index contributed by atoms with van der Waals surface area (Å²) in [6, 6.07) is 11.6. The number of rotatable bonds is 6. The molecule has 0 unspecified atom stereocenters. The van der Waals surface area contributed by atoms with Crippen molar-refractivity contribution in [2.45, 2.75) is 24.5 Å².